The number of aromatic amines is 1. The molecule has 1 amide bonds. The predicted molar refractivity (Wildman–Crippen MR) is 62.9 cm³/mol. The molecule has 1 aromatic heterocycles. The molecule has 0 saturated carbocycles. The highest BCUT2D eigenvalue weighted by molar-refractivity contribution is 8.00. The van der Waals surface area contributed by atoms with E-state index in [1.807, 2.05) is 6.07 Å². The smallest absolute Gasteiger partial charge is 0.230 e. The number of H-pyrrole nitrogens is 1. The summed E-state index contributed by atoms with van der Waals surface area (Å²) in [5.74, 6) is 1.64. The van der Waals surface area contributed by atoms with Gasteiger partial charge in [0.25, 0.3) is 0 Å². The van der Waals surface area contributed by atoms with Crippen LogP contribution < -0.4 is 5.32 Å². The number of amides is 1. The Hall–Kier alpha value is -1.48. The van der Waals surface area contributed by atoms with Crippen molar-refractivity contribution in [3.05, 3.63) is 18.2 Å². The summed E-state index contributed by atoms with van der Waals surface area (Å²) >= 11 is 1.33. The maximum atomic E-state index is 11.2. The van der Waals surface area contributed by atoms with Crippen LogP contribution in [0.25, 0.3) is 0 Å². The molecule has 86 valence electrons. The molecule has 16 heavy (non-hydrogen) atoms. The molecule has 0 unspecified atom stereocenters. The lowest BCUT2D eigenvalue weighted by Crippen LogP contribution is -2.26. The third kappa shape index (κ3) is 5.41. The fourth-order valence-corrected chi connectivity index (χ4v) is 1.64. The number of thioether (sulfide) groups is 1. The van der Waals surface area contributed by atoms with Gasteiger partial charge in [0.1, 0.15) is 5.82 Å². The highest BCUT2D eigenvalue weighted by Crippen LogP contribution is 1.97. The minimum Gasteiger partial charge on any atom is -0.355 e. The molecule has 1 heterocycles. The summed E-state index contributed by atoms with van der Waals surface area (Å²) in [5.41, 5.74) is 0. The number of aryl methyl sites for hydroxylation is 1. The first kappa shape index (κ1) is 12.6. The van der Waals surface area contributed by atoms with Gasteiger partial charge in [0.05, 0.1) is 17.6 Å². The summed E-state index contributed by atoms with van der Waals surface area (Å²) in [6, 6.07) is 1.98. The van der Waals surface area contributed by atoms with Crippen molar-refractivity contribution >= 4 is 17.7 Å². The van der Waals surface area contributed by atoms with Crippen LogP contribution in [-0.2, 0) is 11.2 Å². The van der Waals surface area contributed by atoms with Crippen LogP contribution in [0.5, 0.6) is 0 Å². The Labute approximate surface area is 98.6 Å². The van der Waals surface area contributed by atoms with Gasteiger partial charge in [0.2, 0.25) is 5.91 Å². The minimum absolute atomic E-state index is 0.0142. The van der Waals surface area contributed by atoms with Gasteiger partial charge >= 0.3 is 0 Å². The molecule has 0 aliphatic carbocycles. The van der Waals surface area contributed by atoms with Gasteiger partial charge in [-0.25, -0.2) is 4.98 Å². The average Bonchev–Trinajstić information content (AvgIpc) is 2.78. The minimum atomic E-state index is -0.0142. The molecule has 0 aliphatic heterocycles. The van der Waals surface area contributed by atoms with E-state index >= 15 is 0 Å². The lowest BCUT2D eigenvalue weighted by molar-refractivity contribution is -0.118. The summed E-state index contributed by atoms with van der Waals surface area (Å²) < 4.78 is 0. The highest BCUT2D eigenvalue weighted by atomic mass is 32.2. The molecule has 1 rings (SSSR count). The van der Waals surface area contributed by atoms with E-state index in [1.54, 1.807) is 12.4 Å². The van der Waals surface area contributed by atoms with E-state index in [-0.39, 0.29) is 5.91 Å². The van der Waals surface area contributed by atoms with Gasteiger partial charge in [-0.2, -0.15) is 5.26 Å². The van der Waals surface area contributed by atoms with Gasteiger partial charge in [-0.3, -0.25) is 4.79 Å². The summed E-state index contributed by atoms with van der Waals surface area (Å²) in [4.78, 5) is 18.3. The Kier molecular flexibility index (Phi) is 6.11. The standard InChI is InChI=1S/C10H14N4OS/c11-3-7-16-8-10(15)14-4-1-2-9-12-5-6-13-9/h5-6H,1-2,4,7-8H2,(H,12,13)(H,14,15). The lowest BCUT2D eigenvalue weighted by atomic mass is 10.3. The third-order valence-corrected chi connectivity index (χ3v) is 2.67. The molecule has 0 atom stereocenters. The number of imidazole rings is 1. The Morgan fingerprint density at radius 1 is 1.69 bits per heavy atom. The second-order valence-electron chi connectivity index (χ2n) is 3.14. The monoisotopic (exact) mass is 238 g/mol. The van der Waals surface area contributed by atoms with Crippen molar-refractivity contribution in [1.82, 2.24) is 15.3 Å². The summed E-state index contributed by atoms with van der Waals surface area (Å²) in [6.07, 6.45) is 5.19. The van der Waals surface area contributed by atoms with Crippen LogP contribution in [0, 0.1) is 11.3 Å². The molecule has 0 aromatic carbocycles. The molecule has 1 aromatic rings. The first-order valence-corrected chi connectivity index (χ1v) is 6.18. The van der Waals surface area contributed by atoms with Crippen LogP contribution in [-0.4, -0.2) is 33.9 Å². The zero-order chi connectivity index (χ0) is 11.6. The molecule has 0 saturated heterocycles. The number of nitrogens with one attached hydrogen (secondary N) is 2. The number of nitriles is 1. The lowest BCUT2D eigenvalue weighted by Gasteiger charge is -2.02. The van der Waals surface area contributed by atoms with E-state index in [9.17, 15) is 4.79 Å². The van der Waals surface area contributed by atoms with Crippen molar-refractivity contribution < 1.29 is 4.79 Å². The molecule has 0 radical (unpaired) electrons. The van der Waals surface area contributed by atoms with Crippen molar-refractivity contribution in [3.63, 3.8) is 0 Å². The normalized spacial score (nSPS) is 9.69. The van der Waals surface area contributed by atoms with E-state index in [1.165, 1.54) is 11.8 Å². The van der Waals surface area contributed by atoms with Crippen LogP contribution in [0.1, 0.15) is 12.2 Å². The van der Waals surface area contributed by atoms with Crippen LogP contribution in [0.2, 0.25) is 0 Å². The fourth-order valence-electron chi connectivity index (χ4n) is 1.16. The fraction of sp³-hybridized carbons (Fsp3) is 0.500. The van der Waals surface area contributed by atoms with Gasteiger partial charge in [-0.15, -0.1) is 11.8 Å². The average molecular weight is 238 g/mol. The van der Waals surface area contributed by atoms with E-state index < -0.39 is 0 Å². The van der Waals surface area contributed by atoms with Crippen LogP contribution in [0.3, 0.4) is 0 Å². The van der Waals surface area contributed by atoms with Crippen molar-refractivity contribution in [3.8, 4) is 6.07 Å². The predicted octanol–water partition coefficient (Wildman–Crippen LogP) is 0.715. The third-order valence-electron chi connectivity index (χ3n) is 1.87. The number of carbonyl (C=O) groups excluding carboxylic acids is 1. The molecular formula is C10H14N4OS. The number of hydrogen-bond acceptors (Lipinski definition) is 4. The molecule has 2 N–H and O–H groups in total. The van der Waals surface area contributed by atoms with E-state index in [2.05, 4.69) is 15.3 Å². The van der Waals surface area contributed by atoms with Gasteiger partial charge < -0.3 is 10.3 Å². The van der Waals surface area contributed by atoms with Gasteiger partial charge in [0, 0.05) is 25.4 Å². The summed E-state index contributed by atoms with van der Waals surface area (Å²) in [7, 11) is 0. The highest BCUT2D eigenvalue weighted by Gasteiger charge is 2.00. The SMILES string of the molecule is N#CCSCC(=O)NCCCc1ncc[nH]1. The Balaban J connectivity index is 1.98. The molecule has 0 fully saturated rings. The van der Waals surface area contributed by atoms with Gasteiger partial charge in [-0.1, -0.05) is 0 Å². The maximum absolute atomic E-state index is 11.2. The Morgan fingerprint density at radius 3 is 3.25 bits per heavy atom. The van der Waals surface area contributed by atoms with Crippen LogP contribution >= 0.6 is 11.8 Å². The zero-order valence-electron chi connectivity index (χ0n) is 8.90. The van der Waals surface area contributed by atoms with Crippen LogP contribution in [0.4, 0.5) is 0 Å². The van der Waals surface area contributed by atoms with E-state index in [0.29, 0.717) is 18.1 Å². The Morgan fingerprint density at radius 2 is 2.56 bits per heavy atom. The van der Waals surface area contributed by atoms with Crippen molar-refractivity contribution in [2.75, 3.05) is 18.1 Å². The molecular weight excluding hydrogens is 224 g/mol. The summed E-state index contributed by atoms with van der Waals surface area (Å²) in [5, 5.41) is 11.1. The second kappa shape index (κ2) is 7.77. The van der Waals surface area contributed by atoms with Gasteiger partial charge in [0.15, 0.2) is 0 Å². The quantitative estimate of drug-likeness (QED) is 0.686. The van der Waals surface area contributed by atoms with Crippen LogP contribution in [0.15, 0.2) is 12.4 Å². The molecule has 0 aliphatic rings. The zero-order valence-corrected chi connectivity index (χ0v) is 9.72. The molecule has 5 nitrogen and oxygen atoms in total. The molecule has 0 bridgehead atoms. The van der Waals surface area contributed by atoms with Crippen molar-refractivity contribution in [2.24, 2.45) is 0 Å². The largest absolute Gasteiger partial charge is 0.355 e. The first-order chi connectivity index (χ1) is 7.83. The van der Waals surface area contributed by atoms with E-state index in [4.69, 9.17) is 5.26 Å². The van der Waals surface area contributed by atoms with E-state index in [0.717, 1.165) is 18.7 Å². The number of rotatable bonds is 7. The number of aromatic nitrogens is 2. The first-order valence-electron chi connectivity index (χ1n) is 5.02. The van der Waals surface area contributed by atoms with Crippen molar-refractivity contribution in [1.29, 1.82) is 5.26 Å². The summed E-state index contributed by atoms with van der Waals surface area (Å²) in [6.45, 7) is 0.645. The second-order valence-corrected chi connectivity index (χ2v) is 4.13. The maximum Gasteiger partial charge on any atom is 0.230 e. The number of hydrogen-bond donors (Lipinski definition) is 2. The molecule has 0 spiro atoms. The Bertz CT molecular complexity index is 344. The topological polar surface area (TPSA) is 81.6 Å². The van der Waals surface area contributed by atoms with Gasteiger partial charge in [-0.05, 0) is 6.42 Å². The number of nitrogens with zero attached hydrogens (tertiary/aromatic N) is 2. The molecule has 6 heteroatoms. The number of carbonyl (C=O) groups is 1. The van der Waals surface area contributed by atoms with Crippen molar-refractivity contribution in [2.45, 2.75) is 12.8 Å².